The average Bonchev–Trinajstić information content (AvgIpc) is 2.41. The SMILES string of the molecule is COc1ccc(C)cc1/C=C/C(=O)NCC(O)C(F)(F)F. The molecule has 21 heavy (non-hydrogen) atoms. The van der Waals surface area contributed by atoms with Crippen LogP contribution in [-0.2, 0) is 4.79 Å². The number of ether oxygens (including phenoxy) is 1. The molecular formula is C14H16F3NO3. The number of carbonyl (C=O) groups is 1. The van der Waals surface area contributed by atoms with Gasteiger partial charge < -0.3 is 15.2 Å². The zero-order valence-electron chi connectivity index (χ0n) is 11.6. The number of methoxy groups -OCH3 is 1. The Bertz CT molecular complexity index is 527. The van der Waals surface area contributed by atoms with Crippen molar-refractivity contribution in [2.75, 3.05) is 13.7 Å². The van der Waals surface area contributed by atoms with Crippen LogP contribution in [0.2, 0.25) is 0 Å². The minimum atomic E-state index is -4.75. The van der Waals surface area contributed by atoms with E-state index in [-0.39, 0.29) is 0 Å². The Balaban J connectivity index is 2.65. The lowest BCUT2D eigenvalue weighted by molar-refractivity contribution is -0.201. The molecule has 1 aromatic carbocycles. The average molecular weight is 303 g/mol. The molecule has 0 spiro atoms. The lowest BCUT2D eigenvalue weighted by Crippen LogP contribution is -2.40. The lowest BCUT2D eigenvalue weighted by atomic mass is 10.1. The first kappa shape index (κ1) is 17.0. The van der Waals surface area contributed by atoms with Gasteiger partial charge in [0.05, 0.1) is 13.7 Å². The molecule has 0 aliphatic carbocycles. The number of aliphatic hydroxyl groups is 1. The second kappa shape index (κ2) is 7.12. The number of alkyl halides is 3. The molecule has 1 atom stereocenters. The van der Waals surface area contributed by atoms with Crippen molar-refractivity contribution in [3.8, 4) is 5.75 Å². The molecule has 0 aromatic heterocycles. The van der Waals surface area contributed by atoms with Gasteiger partial charge in [0.25, 0.3) is 0 Å². The van der Waals surface area contributed by atoms with Crippen LogP contribution in [0.15, 0.2) is 24.3 Å². The van der Waals surface area contributed by atoms with Crippen molar-refractivity contribution in [2.45, 2.75) is 19.2 Å². The van der Waals surface area contributed by atoms with Crippen molar-refractivity contribution >= 4 is 12.0 Å². The minimum absolute atomic E-state index is 0.542. The number of carbonyl (C=O) groups excluding carboxylic acids is 1. The molecule has 0 saturated carbocycles. The van der Waals surface area contributed by atoms with Crippen LogP contribution in [0.3, 0.4) is 0 Å². The van der Waals surface area contributed by atoms with Crippen LogP contribution >= 0.6 is 0 Å². The molecule has 0 aliphatic heterocycles. The largest absolute Gasteiger partial charge is 0.496 e. The minimum Gasteiger partial charge on any atom is -0.496 e. The first-order valence-electron chi connectivity index (χ1n) is 6.09. The number of halogens is 3. The fourth-order valence-corrected chi connectivity index (χ4v) is 1.52. The van der Waals surface area contributed by atoms with Gasteiger partial charge in [0.2, 0.25) is 5.91 Å². The maximum Gasteiger partial charge on any atom is 0.416 e. The molecule has 2 N–H and O–H groups in total. The molecule has 0 saturated heterocycles. The zero-order chi connectivity index (χ0) is 16.0. The molecule has 0 radical (unpaired) electrons. The molecular weight excluding hydrogens is 287 g/mol. The maximum absolute atomic E-state index is 12.1. The van der Waals surface area contributed by atoms with Gasteiger partial charge in [-0.3, -0.25) is 4.79 Å². The monoisotopic (exact) mass is 303 g/mol. The quantitative estimate of drug-likeness (QED) is 0.819. The number of nitrogens with one attached hydrogen (secondary N) is 1. The summed E-state index contributed by atoms with van der Waals surface area (Å²) in [5.41, 5.74) is 1.58. The van der Waals surface area contributed by atoms with Crippen LogP contribution in [-0.4, -0.2) is 36.9 Å². The Morgan fingerprint density at radius 1 is 1.48 bits per heavy atom. The molecule has 1 unspecified atom stereocenters. The summed E-state index contributed by atoms with van der Waals surface area (Å²) in [5.74, 6) is -0.193. The summed E-state index contributed by atoms with van der Waals surface area (Å²) in [6, 6.07) is 5.32. The van der Waals surface area contributed by atoms with Crippen molar-refractivity contribution < 1.29 is 27.8 Å². The van der Waals surface area contributed by atoms with E-state index >= 15 is 0 Å². The number of aliphatic hydroxyl groups excluding tert-OH is 1. The maximum atomic E-state index is 12.1. The summed E-state index contributed by atoms with van der Waals surface area (Å²) in [6.07, 6.45) is -4.82. The molecule has 1 rings (SSSR count). The van der Waals surface area contributed by atoms with Crippen LogP contribution in [0.4, 0.5) is 13.2 Å². The second-order valence-corrected chi connectivity index (χ2v) is 4.38. The van der Waals surface area contributed by atoms with E-state index in [0.29, 0.717) is 11.3 Å². The second-order valence-electron chi connectivity index (χ2n) is 4.38. The fourth-order valence-electron chi connectivity index (χ4n) is 1.52. The highest BCUT2D eigenvalue weighted by Crippen LogP contribution is 2.21. The molecule has 0 fully saturated rings. The number of rotatable bonds is 5. The predicted molar refractivity (Wildman–Crippen MR) is 71.8 cm³/mol. The Morgan fingerprint density at radius 3 is 2.71 bits per heavy atom. The predicted octanol–water partition coefficient (Wildman–Crippen LogP) is 2.06. The van der Waals surface area contributed by atoms with E-state index in [0.717, 1.165) is 11.6 Å². The van der Waals surface area contributed by atoms with E-state index in [1.807, 2.05) is 18.3 Å². The van der Waals surface area contributed by atoms with Gasteiger partial charge in [-0.1, -0.05) is 11.6 Å². The first-order valence-corrected chi connectivity index (χ1v) is 6.09. The lowest BCUT2D eigenvalue weighted by Gasteiger charge is -2.14. The van der Waals surface area contributed by atoms with Crippen LogP contribution in [0, 0.1) is 6.92 Å². The first-order chi connectivity index (χ1) is 9.74. The molecule has 0 bridgehead atoms. The van der Waals surface area contributed by atoms with Crippen LogP contribution < -0.4 is 10.1 Å². The number of amides is 1. The van der Waals surface area contributed by atoms with E-state index in [9.17, 15) is 18.0 Å². The van der Waals surface area contributed by atoms with Crippen molar-refractivity contribution in [3.63, 3.8) is 0 Å². The standard InChI is InChI=1S/C14H16F3NO3/c1-9-3-5-11(21-2)10(7-9)4-6-13(20)18-8-12(19)14(15,16)17/h3-7,12,19H,8H2,1-2H3,(H,18,20)/b6-4+. The third-order valence-electron chi connectivity index (χ3n) is 2.65. The van der Waals surface area contributed by atoms with Gasteiger partial charge in [0.1, 0.15) is 5.75 Å². The van der Waals surface area contributed by atoms with Crippen LogP contribution in [0.1, 0.15) is 11.1 Å². The normalized spacial score (nSPS) is 13.2. The Kier molecular flexibility index (Phi) is 5.78. The topological polar surface area (TPSA) is 58.6 Å². The van der Waals surface area contributed by atoms with Crippen LogP contribution in [0.25, 0.3) is 6.08 Å². The number of hydrogen-bond acceptors (Lipinski definition) is 3. The number of aryl methyl sites for hydroxylation is 1. The highest BCUT2D eigenvalue weighted by Gasteiger charge is 2.37. The van der Waals surface area contributed by atoms with Crippen molar-refractivity contribution in [1.29, 1.82) is 0 Å². The third-order valence-corrected chi connectivity index (χ3v) is 2.65. The fraction of sp³-hybridized carbons (Fsp3) is 0.357. The van der Waals surface area contributed by atoms with Gasteiger partial charge in [-0.2, -0.15) is 13.2 Å². The van der Waals surface area contributed by atoms with Gasteiger partial charge in [0.15, 0.2) is 6.10 Å². The summed E-state index contributed by atoms with van der Waals surface area (Å²) < 4.78 is 41.3. The van der Waals surface area contributed by atoms with Gasteiger partial charge >= 0.3 is 6.18 Å². The van der Waals surface area contributed by atoms with E-state index in [1.54, 1.807) is 12.1 Å². The van der Waals surface area contributed by atoms with Crippen molar-refractivity contribution in [1.82, 2.24) is 5.32 Å². The van der Waals surface area contributed by atoms with E-state index < -0.39 is 24.7 Å². The zero-order valence-corrected chi connectivity index (χ0v) is 11.6. The van der Waals surface area contributed by atoms with Gasteiger partial charge in [-0.15, -0.1) is 0 Å². The molecule has 116 valence electrons. The van der Waals surface area contributed by atoms with Crippen LogP contribution in [0.5, 0.6) is 5.75 Å². The summed E-state index contributed by atoms with van der Waals surface area (Å²) >= 11 is 0. The number of hydrogen-bond donors (Lipinski definition) is 2. The number of benzene rings is 1. The van der Waals surface area contributed by atoms with Gasteiger partial charge in [-0.25, -0.2) is 0 Å². The van der Waals surface area contributed by atoms with Gasteiger partial charge in [0, 0.05) is 11.6 Å². The highest BCUT2D eigenvalue weighted by molar-refractivity contribution is 5.92. The third kappa shape index (κ3) is 5.47. The smallest absolute Gasteiger partial charge is 0.416 e. The Labute approximate surface area is 120 Å². The summed E-state index contributed by atoms with van der Waals surface area (Å²) in [6.45, 7) is 0.966. The van der Waals surface area contributed by atoms with Gasteiger partial charge in [-0.05, 0) is 25.1 Å². The van der Waals surface area contributed by atoms with E-state index in [4.69, 9.17) is 9.84 Å². The Hall–Kier alpha value is -2.02. The molecule has 1 amide bonds. The molecule has 7 heteroatoms. The Morgan fingerprint density at radius 2 is 2.14 bits per heavy atom. The molecule has 0 aliphatic rings. The van der Waals surface area contributed by atoms with E-state index in [2.05, 4.69) is 0 Å². The summed E-state index contributed by atoms with van der Waals surface area (Å²) in [7, 11) is 1.47. The van der Waals surface area contributed by atoms with E-state index in [1.165, 1.54) is 13.2 Å². The van der Waals surface area contributed by atoms with Crippen molar-refractivity contribution in [3.05, 3.63) is 35.4 Å². The highest BCUT2D eigenvalue weighted by atomic mass is 19.4. The molecule has 4 nitrogen and oxygen atoms in total. The van der Waals surface area contributed by atoms with Crippen molar-refractivity contribution in [2.24, 2.45) is 0 Å². The summed E-state index contributed by atoms with van der Waals surface area (Å²) in [4.78, 5) is 11.4. The molecule has 0 heterocycles. The molecule has 1 aromatic rings. The summed E-state index contributed by atoms with van der Waals surface area (Å²) in [5, 5.41) is 10.7.